The van der Waals surface area contributed by atoms with E-state index in [-0.39, 0.29) is 5.91 Å². The molecular weight excluding hydrogens is 238 g/mol. The van der Waals surface area contributed by atoms with Gasteiger partial charge in [0.05, 0.1) is 7.11 Å². The van der Waals surface area contributed by atoms with Crippen molar-refractivity contribution in [2.45, 2.75) is 13.8 Å². The van der Waals surface area contributed by atoms with Crippen LogP contribution in [0.15, 0.2) is 42.5 Å². The highest BCUT2D eigenvalue weighted by Gasteiger charge is 2.07. The second-order valence-electron chi connectivity index (χ2n) is 4.56. The van der Waals surface area contributed by atoms with Crippen LogP contribution in [-0.2, 0) is 0 Å². The van der Waals surface area contributed by atoms with Crippen LogP contribution in [0.3, 0.4) is 0 Å². The van der Waals surface area contributed by atoms with E-state index in [0.717, 1.165) is 16.8 Å². The van der Waals surface area contributed by atoms with Gasteiger partial charge in [-0.1, -0.05) is 12.1 Å². The number of anilines is 1. The third kappa shape index (κ3) is 3.35. The average Bonchev–Trinajstić information content (AvgIpc) is 2.37. The van der Waals surface area contributed by atoms with Crippen molar-refractivity contribution in [2.75, 3.05) is 12.4 Å². The molecule has 1 amide bonds. The smallest absolute Gasteiger partial charge is 0.255 e. The highest BCUT2D eigenvalue weighted by atomic mass is 16.5. The van der Waals surface area contributed by atoms with Crippen LogP contribution in [0.25, 0.3) is 0 Å². The fourth-order valence-corrected chi connectivity index (χ4v) is 2.01. The number of aryl methyl sites for hydroxylation is 2. The summed E-state index contributed by atoms with van der Waals surface area (Å²) in [5.74, 6) is 0.539. The van der Waals surface area contributed by atoms with E-state index >= 15 is 0 Å². The first kappa shape index (κ1) is 13.1. The predicted octanol–water partition coefficient (Wildman–Crippen LogP) is 3.56. The summed E-state index contributed by atoms with van der Waals surface area (Å²) in [6.07, 6.45) is 0. The Morgan fingerprint density at radius 3 is 2.37 bits per heavy atom. The van der Waals surface area contributed by atoms with Gasteiger partial charge in [-0.3, -0.25) is 4.79 Å². The third-order valence-electron chi connectivity index (χ3n) is 2.81. The molecule has 0 aliphatic rings. The zero-order chi connectivity index (χ0) is 13.8. The van der Waals surface area contributed by atoms with E-state index in [4.69, 9.17) is 4.74 Å². The first-order valence-electron chi connectivity index (χ1n) is 6.12. The molecule has 2 aromatic rings. The number of amides is 1. The SMILES string of the molecule is COc1cccc(C(=O)Nc2cc(C)cc(C)c2)c1. The maximum absolute atomic E-state index is 12.1. The molecule has 0 atom stereocenters. The molecule has 0 aromatic heterocycles. The van der Waals surface area contributed by atoms with Crippen LogP contribution in [-0.4, -0.2) is 13.0 Å². The molecule has 3 nitrogen and oxygen atoms in total. The van der Waals surface area contributed by atoms with E-state index in [0.29, 0.717) is 11.3 Å². The number of hydrogen-bond acceptors (Lipinski definition) is 2. The molecule has 0 unspecified atom stereocenters. The first-order valence-corrected chi connectivity index (χ1v) is 6.12. The molecule has 98 valence electrons. The zero-order valence-electron chi connectivity index (χ0n) is 11.4. The predicted molar refractivity (Wildman–Crippen MR) is 76.9 cm³/mol. The lowest BCUT2D eigenvalue weighted by Crippen LogP contribution is -2.12. The Morgan fingerprint density at radius 1 is 1.05 bits per heavy atom. The summed E-state index contributed by atoms with van der Waals surface area (Å²) in [6.45, 7) is 4.02. The standard InChI is InChI=1S/C16H17NO2/c1-11-7-12(2)9-14(8-11)17-16(18)13-5-4-6-15(10-13)19-3/h4-10H,1-3H3,(H,17,18). The summed E-state index contributed by atoms with van der Waals surface area (Å²) >= 11 is 0. The number of methoxy groups -OCH3 is 1. The summed E-state index contributed by atoms with van der Waals surface area (Å²) in [6, 6.07) is 13.1. The Bertz CT molecular complexity index is 585. The van der Waals surface area contributed by atoms with Crippen LogP contribution in [0.4, 0.5) is 5.69 Å². The molecule has 0 saturated heterocycles. The van der Waals surface area contributed by atoms with Gasteiger partial charge in [-0.15, -0.1) is 0 Å². The van der Waals surface area contributed by atoms with E-state index in [9.17, 15) is 4.79 Å². The van der Waals surface area contributed by atoms with Crippen molar-refractivity contribution in [3.63, 3.8) is 0 Å². The summed E-state index contributed by atoms with van der Waals surface area (Å²) in [5, 5.41) is 2.90. The van der Waals surface area contributed by atoms with Crippen LogP contribution >= 0.6 is 0 Å². The minimum atomic E-state index is -0.135. The molecule has 19 heavy (non-hydrogen) atoms. The second-order valence-corrected chi connectivity index (χ2v) is 4.56. The minimum Gasteiger partial charge on any atom is -0.497 e. The van der Waals surface area contributed by atoms with Crippen LogP contribution in [0.1, 0.15) is 21.5 Å². The molecule has 3 heteroatoms. The Hall–Kier alpha value is -2.29. The molecule has 0 spiro atoms. The molecule has 0 aliphatic carbocycles. The lowest BCUT2D eigenvalue weighted by Gasteiger charge is -2.08. The van der Waals surface area contributed by atoms with Gasteiger partial charge in [0.1, 0.15) is 5.75 Å². The summed E-state index contributed by atoms with van der Waals surface area (Å²) in [4.78, 5) is 12.1. The number of hydrogen-bond donors (Lipinski definition) is 1. The minimum absolute atomic E-state index is 0.135. The molecule has 0 aliphatic heterocycles. The van der Waals surface area contributed by atoms with Gasteiger partial charge in [0.25, 0.3) is 5.91 Å². The molecule has 0 heterocycles. The van der Waals surface area contributed by atoms with Crippen molar-refractivity contribution in [3.05, 3.63) is 59.2 Å². The molecular formula is C16H17NO2. The maximum atomic E-state index is 12.1. The van der Waals surface area contributed by atoms with Crippen molar-refractivity contribution in [1.29, 1.82) is 0 Å². The normalized spacial score (nSPS) is 10.1. The summed E-state index contributed by atoms with van der Waals surface area (Å²) in [5.41, 5.74) is 3.64. The number of benzene rings is 2. The van der Waals surface area contributed by atoms with Crippen LogP contribution in [0.5, 0.6) is 5.75 Å². The Balaban J connectivity index is 2.20. The van der Waals surface area contributed by atoms with E-state index in [1.165, 1.54) is 0 Å². The number of nitrogens with one attached hydrogen (secondary N) is 1. The zero-order valence-corrected chi connectivity index (χ0v) is 11.4. The number of ether oxygens (including phenoxy) is 1. The lowest BCUT2D eigenvalue weighted by molar-refractivity contribution is 0.102. The van der Waals surface area contributed by atoms with Crippen molar-refractivity contribution >= 4 is 11.6 Å². The highest BCUT2D eigenvalue weighted by Crippen LogP contribution is 2.17. The largest absolute Gasteiger partial charge is 0.497 e. The molecule has 0 bridgehead atoms. The molecule has 1 N–H and O–H groups in total. The van der Waals surface area contributed by atoms with Crippen LogP contribution < -0.4 is 10.1 Å². The Labute approximate surface area is 113 Å². The molecule has 0 saturated carbocycles. The Kier molecular flexibility index (Phi) is 3.85. The fourth-order valence-electron chi connectivity index (χ4n) is 2.01. The maximum Gasteiger partial charge on any atom is 0.255 e. The van der Waals surface area contributed by atoms with Gasteiger partial charge in [0.2, 0.25) is 0 Å². The quantitative estimate of drug-likeness (QED) is 0.910. The van der Waals surface area contributed by atoms with E-state index in [1.807, 2.05) is 32.0 Å². The van der Waals surface area contributed by atoms with Crippen LogP contribution in [0, 0.1) is 13.8 Å². The third-order valence-corrected chi connectivity index (χ3v) is 2.81. The molecule has 0 fully saturated rings. The van der Waals surface area contributed by atoms with Gasteiger partial charge in [0, 0.05) is 11.3 Å². The summed E-state index contributed by atoms with van der Waals surface area (Å²) < 4.78 is 5.11. The monoisotopic (exact) mass is 255 g/mol. The number of carbonyl (C=O) groups is 1. The van der Waals surface area contributed by atoms with Crippen molar-refractivity contribution < 1.29 is 9.53 Å². The average molecular weight is 255 g/mol. The second kappa shape index (κ2) is 5.57. The number of rotatable bonds is 3. The van der Waals surface area contributed by atoms with Gasteiger partial charge >= 0.3 is 0 Å². The van der Waals surface area contributed by atoms with Gasteiger partial charge < -0.3 is 10.1 Å². The Morgan fingerprint density at radius 2 is 1.74 bits per heavy atom. The highest BCUT2D eigenvalue weighted by molar-refractivity contribution is 6.04. The van der Waals surface area contributed by atoms with Gasteiger partial charge in [-0.2, -0.15) is 0 Å². The number of carbonyl (C=O) groups excluding carboxylic acids is 1. The molecule has 0 radical (unpaired) electrons. The molecule has 2 rings (SSSR count). The molecule has 2 aromatic carbocycles. The van der Waals surface area contributed by atoms with Gasteiger partial charge in [-0.05, 0) is 55.3 Å². The van der Waals surface area contributed by atoms with E-state index in [1.54, 1.807) is 25.3 Å². The van der Waals surface area contributed by atoms with Crippen molar-refractivity contribution in [2.24, 2.45) is 0 Å². The topological polar surface area (TPSA) is 38.3 Å². The van der Waals surface area contributed by atoms with E-state index in [2.05, 4.69) is 11.4 Å². The fraction of sp³-hybridized carbons (Fsp3) is 0.188. The van der Waals surface area contributed by atoms with Crippen molar-refractivity contribution in [3.8, 4) is 5.75 Å². The van der Waals surface area contributed by atoms with Crippen LogP contribution in [0.2, 0.25) is 0 Å². The van der Waals surface area contributed by atoms with Gasteiger partial charge in [-0.25, -0.2) is 0 Å². The lowest BCUT2D eigenvalue weighted by atomic mass is 10.1. The summed E-state index contributed by atoms with van der Waals surface area (Å²) in [7, 11) is 1.58. The van der Waals surface area contributed by atoms with Crippen molar-refractivity contribution in [1.82, 2.24) is 0 Å². The first-order chi connectivity index (χ1) is 9.08. The van der Waals surface area contributed by atoms with Gasteiger partial charge in [0.15, 0.2) is 0 Å². The van der Waals surface area contributed by atoms with E-state index < -0.39 is 0 Å².